The molecule has 1 N–H and O–H groups in total. The van der Waals surface area contributed by atoms with E-state index in [0.717, 1.165) is 23.3 Å². The van der Waals surface area contributed by atoms with Crippen LogP contribution >= 0.6 is 0 Å². The van der Waals surface area contributed by atoms with Crippen molar-refractivity contribution >= 4 is 10.9 Å². The third kappa shape index (κ3) is 2.69. The zero-order valence-electron chi connectivity index (χ0n) is 13.4. The van der Waals surface area contributed by atoms with Crippen molar-refractivity contribution in [2.24, 2.45) is 5.92 Å². The van der Waals surface area contributed by atoms with E-state index in [0.29, 0.717) is 11.5 Å². The van der Waals surface area contributed by atoms with Crippen LogP contribution in [-0.2, 0) is 6.54 Å². The van der Waals surface area contributed by atoms with E-state index in [1.807, 2.05) is 24.4 Å². The van der Waals surface area contributed by atoms with Crippen LogP contribution in [-0.4, -0.2) is 14.5 Å². The van der Waals surface area contributed by atoms with Gasteiger partial charge in [-0.2, -0.15) is 0 Å². The van der Waals surface area contributed by atoms with Crippen LogP contribution in [0, 0.1) is 12.8 Å². The van der Waals surface area contributed by atoms with Crippen molar-refractivity contribution in [1.29, 1.82) is 0 Å². The second-order valence-electron chi connectivity index (χ2n) is 6.66. The van der Waals surface area contributed by atoms with Gasteiger partial charge in [-0.05, 0) is 49.3 Å². The second-order valence-corrected chi connectivity index (χ2v) is 6.66. The molecule has 4 rings (SSSR count). The average molecular weight is 307 g/mol. The highest BCUT2D eigenvalue weighted by atomic mass is 16.1. The number of aryl methyl sites for hydroxylation is 1. The van der Waals surface area contributed by atoms with E-state index in [1.165, 1.54) is 31.2 Å². The largest absolute Gasteiger partial charge is 0.331 e. The first kappa shape index (κ1) is 14.2. The van der Waals surface area contributed by atoms with Crippen molar-refractivity contribution in [3.63, 3.8) is 0 Å². The first-order chi connectivity index (χ1) is 11.2. The van der Waals surface area contributed by atoms with E-state index in [1.54, 1.807) is 6.20 Å². The number of H-pyrrole nitrogens is 1. The van der Waals surface area contributed by atoms with Crippen LogP contribution < -0.4 is 5.56 Å². The van der Waals surface area contributed by atoms with Crippen molar-refractivity contribution in [3.05, 3.63) is 52.6 Å². The summed E-state index contributed by atoms with van der Waals surface area (Å²) >= 11 is 0. The summed E-state index contributed by atoms with van der Waals surface area (Å²) in [6.07, 6.45) is 9.00. The summed E-state index contributed by atoms with van der Waals surface area (Å²) in [4.78, 5) is 19.9. The van der Waals surface area contributed by atoms with Gasteiger partial charge in [0.1, 0.15) is 5.82 Å². The average Bonchev–Trinajstić information content (AvgIpc) is 3.19. The summed E-state index contributed by atoms with van der Waals surface area (Å²) in [5.74, 6) is 1.49. The van der Waals surface area contributed by atoms with Gasteiger partial charge < -0.3 is 9.55 Å². The smallest absolute Gasteiger partial charge is 0.259 e. The quantitative estimate of drug-likeness (QED) is 0.798. The molecule has 0 atom stereocenters. The molecule has 0 bridgehead atoms. The van der Waals surface area contributed by atoms with Gasteiger partial charge in [0, 0.05) is 24.5 Å². The molecule has 1 aromatic carbocycles. The summed E-state index contributed by atoms with van der Waals surface area (Å²) < 4.78 is 2.14. The fraction of sp³-hybridized carbons (Fsp3) is 0.368. The maximum Gasteiger partial charge on any atom is 0.259 e. The van der Waals surface area contributed by atoms with Crippen LogP contribution in [0.4, 0.5) is 0 Å². The van der Waals surface area contributed by atoms with E-state index in [2.05, 4.69) is 27.5 Å². The summed E-state index contributed by atoms with van der Waals surface area (Å²) in [5.41, 5.74) is 2.65. The number of fused-ring (bicyclic) bond motifs is 1. The van der Waals surface area contributed by atoms with Crippen molar-refractivity contribution in [2.75, 3.05) is 0 Å². The predicted octanol–water partition coefficient (Wildman–Crippen LogP) is 3.89. The Balaban J connectivity index is 1.78. The van der Waals surface area contributed by atoms with E-state index in [9.17, 15) is 4.79 Å². The Morgan fingerprint density at radius 2 is 2.09 bits per heavy atom. The monoisotopic (exact) mass is 307 g/mol. The first-order valence-electron chi connectivity index (χ1n) is 8.36. The Hall–Kier alpha value is -2.36. The molecule has 0 spiro atoms. The number of hydrogen-bond donors (Lipinski definition) is 1. The van der Waals surface area contributed by atoms with Crippen LogP contribution in [0.25, 0.3) is 22.3 Å². The zero-order chi connectivity index (χ0) is 15.8. The summed E-state index contributed by atoms with van der Waals surface area (Å²) in [6.45, 7) is 3.02. The fourth-order valence-corrected chi connectivity index (χ4v) is 3.66. The molecule has 4 heteroatoms. The molecular formula is C19H21N3O. The van der Waals surface area contributed by atoms with Gasteiger partial charge in [0.25, 0.3) is 5.56 Å². The third-order valence-corrected chi connectivity index (χ3v) is 4.89. The van der Waals surface area contributed by atoms with Crippen molar-refractivity contribution < 1.29 is 0 Å². The molecule has 23 heavy (non-hydrogen) atoms. The molecular weight excluding hydrogens is 286 g/mol. The zero-order valence-corrected chi connectivity index (χ0v) is 13.4. The predicted molar refractivity (Wildman–Crippen MR) is 92.5 cm³/mol. The molecule has 0 saturated heterocycles. The van der Waals surface area contributed by atoms with Crippen molar-refractivity contribution in [3.8, 4) is 11.4 Å². The molecule has 1 aliphatic carbocycles. The minimum Gasteiger partial charge on any atom is -0.331 e. The standard InChI is InChI=1S/C19H21N3O/c1-13-6-7-17-15(10-13)11-16(19(23)21-17)18-20-8-9-22(18)12-14-4-2-3-5-14/h6-11,14H,2-5,12H2,1H3,(H,21,23). The minimum atomic E-state index is -0.0692. The number of aromatic nitrogens is 3. The molecule has 2 heterocycles. The molecule has 118 valence electrons. The Bertz CT molecular complexity index is 900. The Morgan fingerprint density at radius 3 is 2.91 bits per heavy atom. The maximum atomic E-state index is 12.5. The molecule has 0 unspecified atom stereocenters. The van der Waals surface area contributed by atoms with E-state index in [-0.39, 0.29) is 5.56 Å². The highest BCUT2D eigenvalue weighted by Crippen LogP contribution is 2.28. The number of benzene rings is 1. The normalized spacial score (nSPS) is 15.5. The van der Waals surface area contributed by atoms with Gasteiger partial charge in [0.2, 0.25) is 0 Å². The maximum absolute atomic E-state index is 12.5. The molecule has 3 aromatic rings. The number of aromatic amines is 1. The van der Waals surface area contributed by atoms with Crippen molar-refractivity contribution in [1.82, 2.24) is 14.5 Å². The number of pyridine rings is 1. The van der Waals surface area contributed by atoms with Gasteiger partial charge in [-0.1, -0.05) is 24.5 Å². The van der Waals surface area contributed by atoms with Gasteiger partial charge in [0.05, 0.1) is 5.56 Å². The number of hydrogen-bond acceptors (Lipinski definition) is 2. The topological polar surface area (TPSA) is 50.7 Å². The molecule has 4 nitrogen and oxygen atoms in total. The Labute approximate surface area is 135 Å². The molecule has 1 aliphatic rings. The first-order valence-corrected chi connectivity index (χ1v) is 8.36. The molecule has 2 aromatic heterocycles. The number of nitrogens with zero attached hydrogens (tertiary/aromatic N) is 2. The lowest BCUT2D eigenvalue weighted by Gasteiger charge is -2.13. The fourth-order valence-electron chi connectivity index (χ4n) is 3.66. The van der Waals surface area contributed by atoms with Crippen molar-refractivity contribution in [2.45, 2.75) is 39.2 Å². The summed E-state index contributed by atoms with van der Waals surface area (Å²) in [7, 11) is 0. The molecule has 0 amide bonds. The van der Waals surface area contributed by atoms with Crippen LogP contribution in [0.15, 0.2) is 41.5 Å². The van der Waals surface area contributed by atoms with E-state index >= 15 is 0 Å². The van der Waals surface area contributed by atoms with Gasteiger partial charge >= 0.3 is 0 Å². The lowest BCUT2D eigenvalue weighted by atomic mass is 10.1. The van der Waals surface area contributed by atoms with Gasteiger partial charge in [-0.15, -0.1) is 0 Å². The highest BCUT2D eigenvalue weighted by Gasteiger charge is 2.18. The summed E-state index contributed by atoms with van der Waals surface area (Å²) in [6, 6.07) is 8.04. The number of rotatable bonds is 3. The SMILES string of the molecule is Cc1ccc2[nH]c(=O)c(-c3nccn3CC3CCCC3)cc2c1. The van der Waals surface area contributed by atoms with Crippen LogP contribution in [0.2, 0.25) is 0 Å². The Morgan fingerprint density at radius 1 is 1.26 bits per heavy atom. The van der Waals surface area contributed by atoms with Crippen LogP contribution in [0.5, 0.6) is 0 Å². The minimum absolute atomic E-state index is 0.0692. The number of imidazole rings is 1. The lowest BCUT2D eigenvalue weighted by molar-refractivity contribution is 0.460. The molecule has 0 aliphatic heterocycles. The molecule has 0 radical (unpaired) electrons. The van der Waals surface area contributed by atoms with Gasteiger partial charge in [-0.3, -0.25) is 4.79 Å². The lowest BCUT2D eigenvalue weighted by Crippen LogP contribution is -2.14. The summed E-state index contributed by atoms with van der Waals surface area (Å²) in [5, 5.41) is 1.05. The third-order valence-electron chi connectivity index (χ3n) is 4.89. The van der Waals surface area contributed by atoms with E-state index < -0.39 is 0 Å². The van der Waals surface area contributed by atoms with Gasteiger partial charge in [-0.25, -0.2) is 4.98 Å². The molecule has 1 saturated carbocycles. The second kappa shape index (κ2) is 5.69. The highest BCUT2D eigenvalue weighted by molar-refractivity contribution is 5.83. The van der Waals surface area contributed by atoms with Gasteiger partial charge in [0.15, 0.2) is 0 Å². The van der Waals surface area contributed by atoms with Crippen LogP contribution in [0.1, 0.15) is 31.2 Å². The Kier molecular flexibility index (Phi) is 3.52. The molecule has 1 fully saturated rings. The van der Waals surface area contributed by atoms with E-state index in [4.69, 9.17) is 0 Å². The number of nitrogens with one attached hydrogen (secondary N) is 1. The van der Waals surface area contributed by atoms with Crippen LogP contribution in [0.3, 0.4) is 0 Å².